The first-order valence-electron chi connectivity index (χ1n) is 7.96. The Kier molecular flexibility index (Phi) is 6.05. The molecule has 1 saturated heterocycles. The van der Waals surface area contributed by atoms with Crippen LogP contribution in [0.25, 0.3) is 0 Å². The van der Waals surface area contributed by atoms with Crippen molar-refractivity contribution in [2.45, 2.75) is 42.4 Å². The number of rotatable bonds is 5. The van der Waals surface area contributed by atoms with Crippen LogP contribution in [0.15, 0.2) is 29.2 Å². The fourth-order valence-electron chi connectivity index (χ4n) is 2.85. The summed E-state index contributed by atoms with van der Waals surface area (Å²) in [7, 11) is 0. The van der Waals surface area contributed by atoms with E-state index in [1.807, 2.05) is 12.1 Å². The van der Waals surface area contributed by atoms with Crippen LogP contribution in [0.5, 0.6) is 0 Å². The Bertz CT molecular complexity index is 514. The molecule has 0 radical (unpaired) electrons. The second kappa shape index (κ2) is 7.47. The Labute approximate surface area is 141 Å². The molecule has 1 aromatic carbocycles. The number of nitrogens with zero attached hydrogens (tertiary/aromatic N) is 1. The molecule has 2 N–H and O–H groups in total. The molecule has 3 nitrogen and oxygen atoms in total. The van der Waals surface area contributed by atoms with Crippen LogP contribution in [0.2, 0.25) is 0 Å². The van der Waals surface area contributed by atoms with E-state index >= 15 is 0 Å². The monoisotopic (exact) mass is 344 g/mol. The highest BCUT2D eigenvalue weighted by Gasteiger charge is 2.45. The second-order valence-electron chi connectivity index (χ2n) is 6.86. The molecule has 0 aliphatic carbocycles. The summed E-state index contributed by atoms with van der Waals surface area (Å²) >= 11 is 1.59. The number of hydrogen-bond acceptors (Lipinski definition) is 4. The molecule has 0 aromatic heterocycles. The fraction of sp³-hybridized carbons (Fsp3) is 0.647. The summed E-state index contributed by atoms with van der Waals surface area (Å²) in [6, 6.07) is 6.24. The van der Waals surface area contributed by atoms with Gasteiger partial charge in [-0.2, -0.15) is 0 Å². The van der Waals surface area contributed by atoms with Crippen molar-refractivity contribution < 1.29 is 13.9 Å². The van der Waals surface area contributed by atoms with Gasteiger partial charge in [-0.3, -0.25) is 4.90 Å². The predicted molar refractivity (Wildman–Crippen MR) is 91.3 cm³/mol. The van der Waals surface area contributed by atoms with E-state index in [0.717, 1.165) is 4.90 Å². The van der Waals surface area contributed by atoms with Crippen molar-refractivity contribution in [1.82, 2.24) is 10.2 Å². The van der Waals surface area contributed by atoms with Crippen molar-refractivity contribution in [2.75, 3.05) is 32.8 Å². The number of alkyl halides is 2. The third-order valence-electron chi connectivity index (χ3n) is 3.76. The maximum atomic E-state index is 14.6. The van der Waals surface area contributed by atoms with E-state index in [1.54, 1.807) is 28.8 Å². The number of benzene rings is 1. The van der Waals surface area contributed by atoms with Gasteiger partial charge in [-0.25, -0.2) is 8.78 Å². The SMILES string of the molecule is CC(C)(C)Sc1ccccc1[C@H](N1CCNCC1)C(F)(F)CO. The Hall–Kier alpha value is -0.690. The molecule has 0 spiro atoms. The molecule has 1 aliphatic heterocycles. The average Bonchev–Trinajstić information content (AvgIpc) is 2.49. The maximum absolute atomic E-state index is 14.6. The summed E-state index contributed by atoms with van der Waals surface area (Å²) in [5, 5.41) is 12.5. The van der Waals surface area contributed by atoms with Gasteiger partial charge in [0.25, 0.3) is 5.92 Å². The summed E-state index contributed by atoms with van der Waals surface area (Å²) < 4.78 is 29.1. The molecule has 23 heavy (non-hydrogen) atoms. The van der Waals surface area contributed by atoms with E-state index in [2.05, 4.69) is 26.1 Å². The normalized spacial score (nSPS) is 18.9. The fourth-order valence-corrected chi connectivity index (χ4v) is 3.95. The quantitative estimate of drug-likeness (QED) is 0.805. The number of piperazine rings is 1. The van der Waals surface area contributed by atoms with Gasteiger partial charge < -0.3 is 10.4 Å². The Morgan fingerprint density at radius 1 is 1.22 bits per heavy atom. The predicted octanol–water partition coefficient (Wildman–Crippen LogP) is 3.15. The first-order valence-corrected chi connectivity index (χ1v) is 8.77. The zero-order valence-corrected chi connectivity index (χ0v) is 14.8. The van der Waals surface area contributed by atoms with Gasteiger partial charge in [-0.1, -0.05) is 39.0 Å². The van der Waals surface area contributed by atoms with Crippen molar-refractivity contribution in [3.63, 3.8) is 0 Å². The largest absolute Gasteiger partial charge is 0.390 e. The molecule has 6 heteroatoms. The summed E-state index contributed by atoms with van der Waals surface area (Å²) in [6.45, 7) is 7.54. The summed E-state index contributed by atoms with van der Waals surface area (Å²) in [4.78, 5) is 2.64. The van der Waals surface area contributed by atoms with Crippen LogP contribution >= 0.6 is 11.8 Å². The third kappa shape index (κ3) is 4.89. The molecule has 130 valence electrons. The minimum absolute atomic E-state index is 0.0708. The minimum Gasteiger partial charge on any atom is -0.390 e. The van der Waals surface area contributed by atoms with Crippen LogP contribution in [0, 0.1) is 0 Å². The lowest BCUT2D eigenvalue weighted by Crippen LogP contribution is -2.51. The molecule has 0 amide bonds. The van der Waals surface area contributed by atoms with E-state index in [1.165, 1.54) is 0 Å². The Morgan fingerprint density at radius 3 is 2.39 bits per heavy atom. The molecule has 0 bridgehead atoms. The summed E-state index contributed by atoms with van der Waals surface area (Å²) in [5.74, 6) is -3.17. The smallest absolute Gasteiger partial charge is 0.289 e. The molecule has 1 fully saturated rings. The van der Waals surface area contributed by atoms with Crippen LogP contribution in [-0.4, -0.2) is 53.5 Å². The van der Waals surface area contributed by atoms with Crippen LogP contribution in [-0.2, 0) is 0 Å². The van der Waals surface area contributed by atoms with Gasteiger partial charge >= 0.3 is 0 Å². The second-order valence-corrected chi connectivity index (χ2v) is 8.73. The van der Waals surface area contributed by atoms with Gasteiger partial charge in [0.05, 0.1) is 0 Å². The Morgan fingerprint density at radius 2 is 1.83 bits per heavy atom. The van der Waals surface area contributed by atoms with E-state index in [9.17, 15) is 13.9 Å². The molecule has 0 unspecified atom stereocenters. The third-order valence-corrected chi connectivity index (χ3v) is 4.96. The van der Waals surface area contributed by atoms with Gasteiger partial charge in [-0.05, 0) is 11.6 Å². The molecule has 0 saturated carbocycles. The molecule has 1 aliphatic rings. The highest BCUT2D eigenvalue weighted by atomic mass is 32.2. The molecular weight excluding hydrogens is 318 g/mol. The zero-order chi connectivity index (χ0) is 17.1. The number of hydrogen-bond donors (Lipinski definition) is 2. The Balaban J connectivity index is 2.43. The van der Waals surface area contributed by atoms with Crippen molar-refractivity contribution in [2.24, 2.45) is 0 Å². The van der Waals surface area contributed by atoms with Crippen molar-refractivity contribution in [3.05, 3.63) is 29.8 Å². The lowest BCUT2D eigenvalue weighted by Gasteiger charge is -2.39. The van der Waals surface area contributed by atoms with Crippen LogP contribution in [0.1, 0.15) is 32.4 Å². The van der Waals surface area contributed by atoms with E-state index in [-0.39, 0.29) is 4.75 Å². The van der Waals surface area contributed by atoms with E-state index < -0.39 is 18.6 Å². The maximum Gasteiger partial charge on any atom is 0.289 e. The average molecular weight is 344 g/mol. The van der Waals surface area contributed by atoms with Gasteiger partial charge in [0, 0.05) is 35.8 Å². The van der Waals surface area contributed by atoms with Gasteiger partial charge in [0.2, 0.25) is 0 Å². The first-order chi connectivity index (χ1) is 10.7. The van der Waals surface area contributed by atoms with Crippen molar-refractivity contribution >= 4 is 11.8 Å². The summed E-state index contributed by atoms with van der Waals surface area (Å²) in [6.07, 6.45) is 0. The van der Waals surface area contributed by atoms with Crippen LogP contribution in [0.3, 0.4) is 0 Å². The van der Waals surface area contributed by atoms with Gasteiger partial charge in [0.1, 0.15) is 12.6 Å². The van der Waals surface area contributed by atoms with Gasteiger partial charge in [-0.15, -0.1) is 11.8 Å². The standard InChI is InChI=1S/C17H26F2N2OS/c1-16(2,3)23-14-7-5-4-6-13(14)15(17(18,19)12-22)21-10-8-20-9-11-21/h4-7,15,20,22H,8-12H2,1-3H3/t15-/m0/s1. The number of thioether (sulfide) groups is 1. The van der Waals surface area contributed by atoms with Crippen LogP contribution in [0.4, 0.5) is 8.78 Å². The minimum atomic E-state index is -3.17. The number of aliphatic hydroxyl groups excluding tert-OH is 1. The summed E-state index contributed by atoms with van der Waals surface area (Å²) in [5.41, 5.74) is 0.605. The van der Waals surface area contributed by atoms with Crippen LogP contribution < -0.4 is 5.32 Å². The molecule has 1 atom stereocenters. The molecular formula is C17H26F2N2OS. The van der Waals surface area contributed by atoms with Crippen molar-refractivity contribution in [3.8, 4) is 0 Å². The van der Waals surface area contributed by atoms with E-state index in [0.29, 0.717) is 31.7 Å². The number of nitrogens with one attached hydrogen (secondary N) is 1. The van der Waals surface area contributed by atoms with Gasteiger partial charge in [0.15, 0.2) is 0 Å². The lowest BCUT2D eigenvalue weighted by atomic mass is 9.98. The van der Waals surface area contributed by atoms with E-state index in [4.69, 9.17) is 0 Å². The van der Waals surface area contributed by atoms with Crippen molar-refractivity contribution in [1.29, 1.82) is 0 Å². The number of aliphatic hydroxyl groups is 1. The topological polar surface area (TPSA) is 35.5 Å². The molecule has 2 rings (SSSR count). The number of halogens is 2. The first kappa shape index (κ1) is 18.6. The highest BCUT2D eigenvalue weighted by Crippen LogP contribution is 2.43. The highest BCUT2D eigenvalue weighted by molar-refractivity contribution is 8.00. The lowest BCUT2D eigenvalue weighted by molar-refractivity contribution is -0.119. The molecule has 1 heterocycles. The molecule has 1 aromatic rings. The zero-order valence-electron chi connectivity index (χ0n) is 14.0.